The van der Waals surface area contributed by atoms with Crippen molar-refractivity contribution in [2.45, 2.75) is 27.7 Å². The smallest absolute Gasteiger partial charge is 0.234 e. The molecule has 0 fully saturated rings. The minimum absolute atomic E-state index is 0.0501. The van der Waals surface area contributed by atoms with Crippen LogP contribution in [0.5, 0.6) is 0 Å². The highest BCUT2D eigenvalue weighted by Crippen LogP contribution is 2.21. The minimum atomic E-state index is -0.629. The summed E-state index contributed by atoms with van der Waals surface area (Å²) in [5, 5.41) is 2.73. The standard InChI is InChI=1S/C14H19NO2/c1-10(12(16)14(2,3)4)13(17)15-11-8-6-5-7-9-11/h5-10H,1-4H3,(H,15,17). The Kier molecular flexibility index (Phi) is 4.05. The zero-order chi connectivity index (χ0) is 13.1. The molecule has 1 rings (SSSR count). The van der Waals surface area contributed by atoms with Crippen molar-refractivity contribution >= 4 is 17.4 Å². The highest BCUT2D eigenvalue weighted by molar-refractivity contribution is 6.08. The first-order chi connectivity index (χ1) is 7.82. The number of hydrogen-bond acceptors (Lipinski definition) is 2. The van der Waals surface area contributed by atoms with E-state index in [1.54, 1.807) is 19.1 Å². The molecule has 0 spiro atoms. The second-order valence-corrected chi connectivity index (χ2v) is 5.19. The molecule has 0 saturated heterocycles. The molecule has 0 aliphatic carbocycles. The third kappa shape index (κ3) is 3.70. The zero-order valence-electron chi connectivity index (χ0n) is 10.8. The lowest BCUT2D eigenvalue weighted by Gasteiger charge is -2.21. The Balaban J connectivity index is 2.69. The third-order valence-electron chi connectivity index (χ3n) is 2.57. The van der Waals surface area contributed by atoms with Crippen LogP contribution in [0.1, 0.15) is 27.7 Å². The number of hydrogen-bond donors (Lipinski definition) is 1. The van der Waals surface area contributed by atoms with Gasteiger partial charge in [0, 0.05) is 11.1 Å². The molecule has 1 unspecified atom stereocenters. The molecule has 0 aliphatic heterocycles. The van der Waals surface area contributed by atoms with Gasteiger partial charge in [0.1, 0.15) is 5.78 Å². The fourth-order valence-electron chi connectivity index (χ4n) is 1.54. The highest BCUT2D eigenvalue weighted by atomic mass is 16.2. The van der Waals surface area contributed by atoms with Crippen LogP contribution in [0.2, 0.25) is 0 Å². The molecule has 3 heteroatoms. The summed E-state index contributed by atoms with van der Waals surface area (Å²) < 4.78 is 0. The summed E-state index contributed by atoms with van der Waals surface area (Å²) in [4.78, 5) is 23.8. The predicted octanol–water partition coefficient (Wildman–Crippen LogP) is 2.88. The van der Waals surface area contributed by atoms with Gasteiger partial charge < -0.3 is 5.32 Å². The molecule has 17 heavy (non-hydrogen) atoms. The molecule has 1 N–H and O–H groups in total. The van der Waals surface area contributed by atoms with Crippen molar-refractivity contribution in [3.05, 3.63) is 30.3 Å². The Labute approximate surface area is 102 Å². The van der Waals surface area contributed by atoms with Gasteiger partial charge in [-0.15, -0.1) is 0 Å². The minimum Gasteiger partial charge on any atom is -0.325 e. The second-order valence-electron chi connectivity index (χ2n) is 5.19. The van der Waals surface area contributed by atoms with E-state index in [0.29, 0.717) is 5.69 Å². The zero-order valence-corrected chi connectivity index (χ0v) is 10.8. The first kappa shape index (κ1) is 13.4. The first-order valence-electron chi connectivity index (χ1n) is 5.72. The fourth-order valence-corrected chi connectivity index (χ4v) is 1.54. The van der Waals surface area contributed by atoms with Gasteiger partial charge in [-0.25, -0.2) is 0 Å². The Morgan fingerprint density at radius 3 is 2.12 bits per heavy atom. The maximum Gasteiger partial charge on any atom is 0.234 e. The molecule has 1 aromatic rings. The van der Waals surface area contributed by atoms with E-state index in [2.05, 4.69) is 5.32 Å². The summed E-state index contributed by atoms with van der Waals surface area (Å²) in [5.41, 5.74) is 0.221. The summed E-state index contributed by atoms with van der Waals surface area (Å²) in [6, 6.07) is 9.15. The van der Waals surface area contributed by atoms with Gasteiger partial charge in [-0.1, -0.05) is 39.0 Å². The van der Waals surface area contributed by atoms with Gasteiger partial charge in [0.05, 0.1) is 5.92 Å². The lowest BCUT2D eigenvalue weighted by Crippen LogP contribution is -2.34. The summed E-state index contributed by atoms with van der Waals surface area (Å²) in [5.74, 6) is -0.933. The SMILES string of the molecule is CC(C(=O)Nc1ccccc1)C(=O)C(C)(C)C. The molecule has 0 saturated carbocycles. The topological polar surface area (TPSA) is 46.2 Å². The average Bonchev–Trinajstić information content (AvgIpc) is 2.27. The molecule has 3 nitrogen and oxygen atoms in total. The molecule has 1 atom stereocenters. The van der Waals surface area contributed by atoms with E-state index in [0.717, 1.165) is 0 Å². The Morgan fingerprint density at radius 1 is 1.12 bits per heavy atom. The number of Topliss-reactive ketones (excluding diaryl/α,β-unsaturated/α-hetero) is 1. The third-order valence-corrected chi connectivity index (χ3v) is 2.57. The number of nitrogens with one attached hydrogen (secondary N) is 1. The molecule has 0 aromatic heterocycles. The van der Waals surface area contributed by atoms with Crippen molar-refractivity contribution in [2.75, 3.05) is 5.32 Å². The number of benzene rings is 1. The van der Waals surface area contributed by atoms with Crippen molar-refractivity contribution < 1.29 is 9.59 Å². The monoisotopic (exact) mass is 233 g/mol. The summed E-state index contributed by atoms with van der Waals surface area (Å²) in [6.45, 7) is 7.11. The van der Waals surface area contributed by atoms with Gasteiger partial charge in [0.2, 0.25) is 5.91 Å². The Bertz CT molecular complexity index is 404. The number of amides is 1. The molecule has 0 heterocycles. The fraction of sp³-hybridized carbons (Fsp3) is 0.429. The molecular weight excluding hydrogens is 214 g/mol. The largest absolute Gasteiger partial charge is 0.325 e. The first-order valence-corrected chi connectivity index (χ1v) is 5.72. The van der Waals surface area contributed by atoms with E-state index in [9.17, 15) is 9.59 Å². The summed E-state index contributed by atoms with van der Waals surface area (Å²) in [6.07, 6.45) is 0. The lowest BCUT2D eigenvalue weighted by atomic mass is 9.83. The Morgan fingerprint density at radius 2 is 1.65 bits per heavy atom. The van der Waals surface area contributed by atoms with Crippen molar-refractivity contribution in [1.29, 1.82) is 0 Å². The quantitative estimate of drug-likeness (QED) is 0.816. The van der Waals surface area contributed by atoms with Gasteiger partial charge in [0.25, 0.3) is 0 Å². The van der Waals surface area contributed by atoms with E-state index in [-0.39, 0.29) is 11.7 Å². The maximum atomic E-state index is 11.9. The van der Waals surface area contributed by atoms with Gasteiger partial charge in [-0.2, -0.15) is 0 Å². The second kappa shape index (κ2) is 5.13. The predicted molar refractivity (Wildman–Crippen MR) is 68.7 cm³/mol. The molecule has 0 aliphatic rings. The van der Waals surface area contributed by atoms with Crippen LogP contribution in [-0.2, 0) is 9.59 Å². The van der Waals surface area contributed by atoms with Crippen molar-refractivity contribution in [1.82, 2.24) is 0 Å². The number of carbonyl (C=O) groups excluding carboxylic acids is 2. The van der Waals surface area contributed by atoms with Crippen LogP contribution in [0, 0.1) is 11.3 Å². The van der Waals surface area contributed by atoms with Gasteiger partial charge in [0.15, 0.2) is 0 Å². The number of para-hydroxylation sites is 1. The van der Waals surface area contributed by atoms with Crippen LogP contribution >= 0.6 is 0 Å². The van der Waals surface area contributed by atoms with Crippen LogP contribution in [0.15, 0.2) is 30.3 Å². The van der Waals surface area contributed by atoms with Gasteiger partial charge >= 0.3 is 0 Å². The lowest BCUT2D eigenvalue weighted by molar-refractivity contribution is -0.135. The van der Waals surface area contributed by atoms with E-state index >= 15 is 0 Å². The average molecular weight is 233 g/mol. The molecule has 0 bridgehead atoms. The van der Waals surface area contributed by atoms with Crippen LogP contribution in [-0.4, -0.2) is 11.7 Å². The number of anilines is 1. The number of rotatable bonds is 3. The molecular formula is C14H19NO2. The Hall–Kier alpha value is -1.64. The normalized spacial score (nSPS) is 12.9. The highest BCUT2D eigenvalue weighted by Gasteiger charge is 2.30. The van der Waals surface area contributed by atoms with Crippen LogP contribution < -0.4 is 5.32 Å². The van der Waals surface area contributed by atoms with Gasteiger partial charge in [-0.3, -0.25) is 9.59 Å². The van der Waals surface area contributed by atoms with Crippen LogP contribution in [0.25, 0.3) is 0 Å². The molecule has 1 aromatic carbocycles. The number of ketones is 1. The van der Waals surface area contributed by atoms with Crippen molar-refractivity contribution in [2.24, 2.45) is 11.3 Å². The van der Waals surface area contributed by atoms with Crippen molar-refractivity contribution in [3.63, 3.8) is 0 Å². The van der Waals surface area contributed by atoms with E-state index in [4.69, 9.17) is 0 Å². The van der Waals surface area contributed by atoms with E-state index < -0.39 is 11.3 Å². The summed E-state index contributed by atoms with van der Waals surface area (Å²) >= 11 is 0. The molecule has 0 radical (unpaired) electrons. The molecule has 1 amide bonds. The maximum absolute atomic E-state index is 11.9. The van der Waals surface area contributed by atoms with E-state index in [1.165, 1.54) is 0 Å². The van der Waals surface area contributed by atoms with Crippen molar-refractivity contribution in [3.8, 4) is 0 Å². The van der Waals surface area contributed by atoms with Gasteiger partial charge in [-0.05, 0) is 19.1 Å². The van der Waals surface area contributed by atoms with Crippen LogP contribution in [0.3, 0.4) is 0 Å². The van der Waals surface area contributed by atoms with E-state index in [1.807, 2.05) is 39.0 Å². The van der Waals surface area contributed by atoms with Crippen LogP contribution in [0.4, 0.5) is 5.69 Å². The summed E-state index contributed by atoms with van der Waals surface area (Å²) in [7, 11) is 0. The molecule has 92 valence electrons. The number of carbonyl (C=O) groups is 2.